The van der Waals surface area contributed by atoms with Crippen molar-refractivity contribution in [3.63, 3.8) is 0 Å². The van der Waals surface area contributed by atoms with Crippen molar-refractivity contribution in [1.82, 2.24) is 0 Å². The van der Waals surface area contributed by atoms with Gasteiger partial charge in [0.15, 0.2) is 0 Å². The summed E-state index contributed by atoms with van der Waals surface area (Å²) in [6, 6.07) is 27.8. The molecule has 0 aromatic heterocycles. The normalized spacial score (nSPS) is 11.5. The number of hydrogen-bond acceptors (Lipinski definition) is 3. The molecule has 3 aromatic carbocycles. The zero-order valence-corrected chi connectivity index (χ0v) is 30.5. The van der Waals surface area contributed by atoms with E-state index in [9.17, 15) is 0 Å². The van der Waals surface area contributed by atoms with Gasteiger partial charge in [-0.3, -0.25) is 0 Å². The molecule has 0 heterocycles. The van der Waals surface area contributed by atoms with Gasteiger partial charge in [0, 0.05) is 15.6 Å². The first-order valence-corrected chi connectivity index (χ1v) is 19.4. The van der Waals surface area contributed by atoms with E-state index < -0.39 is 0 Å². The minimum atomic E-state index is 0.409. The smallest absolute Gasteiger partial charge is 0.104 e. The van der Waals surface area contributed by atoms with Crippen molar-refractivity contribution in [3.05, 3.63) is 106 Å². The Bertz CT molecular complexity index is 1070. The molecule has 0 bridgehead atoms. The predicted molar refractivity (Wildman–Crippen MR) is 202 cm³/mol. The standard InChI is InChI=1S/C22H35ClS3.C15H15Br/c1-3-4-5-6-7-8-9-10-11-12-17-25-22(24)26-19(2)21-15-13-20(18-23)14-16-21;16-15-11-9-14(10-12-15)8-4-7-13-5-2-1-3-6-13/h13-16,19H,3-12,17-18H2,1-2H3;1-3,5-6,9-12H,4,7-8H2. The number of thioether (sulfide) groups is 2. The number of halogens is 2. The van der Waals surface area contributed by atoms with Gasteiger partial charge in [0.05, 0.1) is 0 Å². The predicted octanol–water partition coefficient (Wildman–Crippen LogP) is 13.8. The lowest BCUT2D eigenvalue weighted by atomic mass is 10.0. The number of benzene rings is 3. The zero-order chi connectivity index (χ0) is 30.3. The van der Waals surface area contributed by atoms with Crippen LogP contribution in [0.2, 0.25) is 0 Å². The lowest BCUT2D eigenvalue weighted by molar-refractivity contribution is 0.563. The summed E-state index contributed by atoms with van der Waals surface area (Å²) in [5.41, 5.74) is 5.34. The molecule has 3 aromatic rings. The molecule has 1 atom stereocenters. The van der Waals surface area contributed by atoms with Crippen LogP contribution in [0.4, 0.5) is 0 Å². The van der Waals surface area contributed by atoms with Crippen LogP contribution in [0.25, 0.3) is 0 Å². The monoisotopic (exact) mass is 704 g/mol. The maximum atomic E-state index is 5.85. The molecule has 0 radical (unpaired) electrons. The Hall–Kier alpha value is -0.780. The first-order valence-electron chi connectivity index (χ1n) is 15.8. The maximum Gasteiger partial charge on any atom is 0.104 e. The van der Waals surface area contributed by atoms with E-state index in [0.29, 0.717) is 11.1 Å². The van der Waals surface area contributed by atoms with E-state index in [4.69, 9.17) is 23.8 Å². The molecule has 42 heavy (non-hydrogen) atoms. The third-order valence-corrected chi connectivity index (χ3v) is 10.9. The molecule has 230 valence electrons. The fourth-order valence-corrected chi connectivity index (χ4v) is 7.84. The number of thiocarbonyl (C=S) groups is 1. The van der Waals surface area contributed by atoms with Crippen LogP contribution >= 0.6 is 63.3 Å². The third kappa shape index (κ3) is 18.1. The van der Waals surface area contributed by atoms with Gasteiger partial charge < -0.3 is 0 Å². The molecule has 0 aliphatic carbocycles. The molecule has 3 rings (SSSR count). The Labute approximate surface area is 284 Å². The average molecular weight is 706 g/mol. The third-order valence-electron chi connectivity index (χ3n) is 7.28. The highest BCUT2D eigenvalue weighted by Crippen LogP contribution is 2.33. The lowest BCUT2D eigenvalue weighted by Crippen LogP contribution is -1.93. The summed E-state index contributed by atoms with van der Waals surface area (Å²) >= 11 is 18.5. The van der Waals surface area contributed by atoms with E-state index in [1.54, 1.807) is 0 Å². The van der Waals surface area contributed by atoms with Crippen LogP contribution < -0.4 is 0 Å². The van der Waals surface area contributed by atoms with Crippen molar-refractivity contribution >= 4 is 66.8 Å². The van der Waals surface area contributed by atoms with Gasteiger partial charge in [-0.05, 0) is 72.7 Å². The number of hydrogen-bond donors (Lipinski definition) is 0. The SMILES string of the molecule is Brc1ccc(CCCc2ccccc2)cc1.CCCCCCCCCCCCSC(=S)SC(C)c1ccc(CCl)cc1. The van der Waals surface area contributed by atoms with Crippen molar-refractivity contribution < 1.29 is 0 Å². The number of aryl methyl sites for hydroxylation is 2. The van der Waals surface area contributed by atoms with Crippen LogP contribution in [-0.2, 0) is 18.7 Å². The molecular weight excluding hydrogens is 656 g/mol. The van der Waals surface area contributed by atoms with Crippen LogP contribution in [0.1, 0.15) is 112 Å². The summed E-state index contributed by atoms with van der Waals surface area (Å²) in [5, 5.41) is 0.409. The molecule has 0 aliphatic heterocycles. The Morgan fingerprint density at radius 3 is 1.79 bits per heavy atom. The van der Waals surface area contributed by atoms with Crippen LogP contribution in [0.15, 0.2) is 83.3 Å². The molecule has 0 saturated heterocycles. The van der Waals surface area contributed by atoms with Crippen molar-refractivity contribution in [2.45, 2.75) is 108 Å². The fourth-order valence-electron chi connectivity index (χ4n) is 4.66. The summed E-state index contributed by atoms with van der Waals surface area (Å²) in [7, 11) is 0. The van der Waals surface area contributed by atoms with Gasteiger partial charge in [-0.1, -0.05) is 171 Å². The second-order valence-electron chi connectivity index (χ2n) is 10.9. The highest BCUT2D eigenvalue weighted by molar-refractivity contribution is 9.10. The van der Waals surface area contributed by atoms with E-state index in [2.05, 4.69) is 109 Å². The van der Waals surface area contributed by atoms with Crippen LogP contribution in [0.3, 0.4) is 0 Å². The van der Waals surface area contributed by atoms with Gasteiger partial charge >= 0.3 is 0 Å². The van der Waals surface area contributed by atoms with Crippen LogP contribution in [0.5, 0.6) is 0 Å². The number of rotatable bonds is 18. The summed E-state index contributed by atoms with van der Waals surface area (Å²) < 4.78 is 2.23. The quantitative estimate of drug-likeness (QED) is 0.0734. The van der Waals surface area contributed by atoms with Crippen molar-refractivity contribution in [2.24, 2.45) is 0 Å². The molecule has 0 aliphatic rings. The van der Waals surface area contributed by atoms with Crippen molar-refractivity contribution in [3.8, 4) is 0 Å². The van der Waals surface area contributed by atoms with E-state index >= 15 is 0 Å². The summed E-state index contributed by atoms with van der Waals surface area (Å²) in [4.78, 5) is 0. The highest BCUT2D eigenvalue weighted by atomic mass is 79.9. The lowest BCUT2D eigenvalue weighted by Gasteiger charge is -2.12. The van der Waals surface area contributed by atoms with E-state index in [-0.39, 0.29) is 0 Å². The first kappa shape index (κ1) is 37.4. The first-order chi connectivity index (χ1) is 20.5. The second-order valence-corrected chi connectivity index (χ2v) is 15.7. The van der Waals surface area contributed by atoms with Gasteiger partial charge in [-0.15, -0.1) is 23.4 Å². The number of alkyl halides is 1. The molecule has 0 N–H and O–H groups in total. The van der Waals surface area contributed by atoms with Gasteiger partial charge in [-0.25, -0.2) is 0 Å². The van der Waals surface area contributed by atoms with Crippen LogP contribution in [0, 0.1) is 0 Å². The van der Waals surface area contributed by atoms with E-state index in [1.165, 1.54) is 98.6 Å². The number of unbranched alkanes of at least 4 members (excludes halogenated alkanes) is 9. The molecule has 1 unspecified atom stereocenters. The molecule has 0 nitrogen and oxygen atoms in total. The van der Waals surface area contributed by atoms with Gasteiger partial charge in [0.1, 0.15) is 3.53 Å². The topological polar surface area (TPSA) is 0 Å². The van der Waals surface area contributed by atoms with Gasteiger partial charge in [0.2, 0.25) is 0 Å². The van der Waals surface area contributed by atoms with Gasteiger partial charge in [-0.2, -0.15) is 0 Å². The minimum Gasteiger partial charge on any atom is -0.122 e. The Balaban J connectivity index is 0.000000327. The van der Waals surface area contributed by atoms with Crippen LogP contribution in [-0.4, -0.2) is 9.28 Å². The fraction of sp³-hybridized carbons (Fsp3) is 0.486. The highest BCUT2D eigenvalue weighted by Gasteiger charge is 2.10. The summed E-state index contributed by atoms with van der Waals surface area (Å²) in [6.45, 7) is 4.51. The summed E-state index contributed by atoms with van der Waals surface area (Å²) in [5.74, 6) is 1.75. The van der Waals surface area contributed by atoms with E-state index in [1.807, 2.05) is 23.5 Å². The van der Waals surface area contributed by atoms with Crippen molar-refractivity contribution in [1.29, 1.82) is 0 Å². The molecule has 0 fully saturated rings. The molecule has 0 saturated carbocycles. The molecular formula is C37H50BrClS3. The Kier molecular flexibility index (Phi) is 21.8. The zero-order valence-electron chi connectivity index (χ0n) is 25.7. The van der Waals surface area contributed by atoms with Gasteiger partial charge in [0.25, 0.3) is 0 Å². The minimum absolute atomic E-state index is 0.409. The molecule has 0 spiro atoms. The summed E-state index contributed by atoms with van der Waals surface area (Å²) in [6.07, 6.45) is 17.4. The average Bonchev–Trinajstić information content (AvgIpc) is 3.01. The van der Waals surface area contributed by atoms with Crippen molar-refractivity contribution in [2.75, 3.05) is 5.75 Å². The maximum absolute atomic E-state index is 5.85. The second kappa shape index (κ2) is 24.5. The Morgan fingerprint density at radius 2 is 1.21 bits per heavy atom. The molecule has 5 heteroatoms. The Morgan fingerprint density at radius 1 is 0.690 bits per heavy atom. The molecule has 0 amide bonds. The van der Waals surface area contributed by atoms with E-state index in [0.717, 1.165) is 20.8 Å². The largest absolute Gasteiger partial charge is 0.122 e.